The molecule has 0 saturated carbocycles. The van der Waals surface area contributed by atoms with Gasteiger partial charge in [-0.15, -0.1) is 0 Å². The van der Waals surface area contributed by atoms with E-state index in [1.54, 1.807) is 0 Å². The van der Waals surface area contributed by atoms with Crippen LogP contribution in [0.1, 0.15) is 5.56 Å². The average Bonchev–Trinajstić information content (AvgIpc) is 2.44. The molecular formula is C8H6BrNO2. The molecule has 62 valence electrons. The van der Waals surface area contributed by atoms with Gasteiger partial charge < -0.3 is 4.42 Å². The molecule has 1 aromatic carbocycles. The average molecular weight is 228 g/mol. The van der Waals surface area contributed by atoms with Gasteiger partial charge in [0, 0.05) is 10.9 Å². The van der Waals surface area contributed by atoms with Crippen molar-refractivity contribution < 1.29 is 4.42 Å². The fourth-order valence-electron chi connectivity index (χ4n) is 1.14. The summed E-state index contributed by atoms with van der Waals surface area (Å²) in [6, 6.07) is 5.60. The molecule has 0 atom stereocenters. The van der Waals surface area contributed by atoms with Gasteiger partial charge in [0.1, 0.15) is 0 Å². The maximum atomic E-state index is 10.8. The first-order valence-electron chi connectivity index (χ1n) is 3.48. The molecule has 2 aromatic rings. The van der Waals surface area contributed by atoms with Crippen LogP contribution in [0.2, 0.25) is 0 Å². The zero-order chi connectivity index (χ0) is 8.55. The summed E-state index contributed by atoms with van der Waals surface area (Å²) in [6.07, 6.45) is 0. The van der Waals surface area contributed by atoms with Gasteiger partial charge in [0.2, 0.25) is 0 Å². The number of hydrogen-bond donors (Lipinski definition) is 1. The number of oxazole rings is 1. The minimum atomic E-state index is -0.404. The number of alkyl halides is 1. The van der Waals surface area contributed by atoms with Crippen molar-refractivity contribution in [1.82, 2.24) is 4.98 Å². The van der Waals surface area contributed by atoms with Gasteiger partial charge >= 0.3 is 5.76 Å². The van der Waals surface area contributed by atoms with Crippen LogP contribution in [0.3, 0.4) is 0 Å². The normalized spacial score (nSPS) is 10.8. The summed E-state index contributed by atoms with van der Waals surface area (Å²) in [5.41, 5.74) is 2.36. The first kappa shape index (κ1) is 7.61. The van der Waals surface area contributed by atoms with E-state index in [0.29, 0.717) is 10.9 Å². The zero-order valence-electron chi connectivity index (χ0n) is 6.13. The van der Waals surface area contributed by atoms with Crippen molar-refractivity contribution in [3.63, 3.8) is 0 Å². The van der Waals surface area contributed by atoms with E-state index in [1.807, 2.05) is 18.2 Å². The van der Waals surface area contributed by atoms with Crippen LogP contribution < -0.4 is 5.76 Å². The van der Waals surface area contributed by atoms with E-state index >= 15 is 0 Å². The summed E-state index contributed by atoms with van der Waals surface area (Å²) in [5, 5.41) is 0.686. The maximum Gasteiger partial charge on any atom is 0.417 e. The fraction of sp³-hybridized carbons (Fsp3) is 0.125. The molecule has 0 spiro atoms. The highest BCUT2D eigenvalue weighted by Gasteiger charge is 2.04. The van der Waals surface area contributed by atoms with Crippen molar-refractivity contribution >= 4 is 27.0 Å². The number of aromatic amines is 1. The van der Waals surface area contributed by atoms with E-state index in [1.165, 1.54) is 0 Å². The highest BCUT2D eigenvalue weighted by molar-refractivity contribution is 9.08. The predicted octanol–water partition coefficient (Wildman–Crippen LogP) is 2.02. The second-order valence-corrected chi connectivity index (χ2v) is 3.00. The van der Waals surface area contributed by atoms with Gasteiger partial charge in [0.05, 0.1) is 5.52 Å². The summed E-state index contributed by atoms with van der Waals surface area (Å²) in [5.74, 6) is -0.404. The van der Waals surface area contributed by atoms with E-state index < -0.39 is 5.76 Å². The molecule has 0 radical (unpaired) electrons. The van der Waals surface area contributed by atoms with Gasteiger partial charge in [0.15, 0.2) is 5.58 Å². The highest BCUT2D eigenvalue weighted by Crippen LogP contribution is 2.17. The molecular weight excluding hydrogens is 222 g/mol. The number of aromatic nitrogens is 1. The lowest BCUT2D eigenvalue weighted by molar-refractivity contribution is 0.553. The minimum Gasteiger partial charge on any atom is -0.408 e. The molecule has 0 fully saturated rings. The lowest BCUT2D eigenvalue weighted by Crippen LogP contribution is -1.92. The standard InChI is InChI=1S/C8H6BrNO2/c9-4-5-2-1-3-6-7(5)12-8(11)10-6/h1-3H,4H2,(H,10,11). The Bertz CT molecular complexity index is 457. The Morgan fingerprint density at radius 1 is 1.50 bits per heavy atom. The zero-order valence-corrected chi connectivity index (χ0v) is 7.72. The number of benzene rings is 1. The van der Waals surface area contributed by atoms with Gasteiger partial charge in [-0.1, -0.05) is 28.1 Å². The van der Waals surface area contributed by atoms with Crippen LogP contribution in [0.25, 0.3) is 11.1 Å². The predicted molar refractivity (Wildman–Crippen MR) is 49.5 cm³/mol. The second kappa shape index (κ2) is 2.79. The monoisotopic (exact) mass is 227 g/mol. The van der Waals surface area contributed by atoms with Gasteiger partial charge in [-0.25, -0.2) is 4.79 Å². The summed E-state index contributed by atoms with van der Waals surface area (Å²) >= 11 is 3.31. The Kier molecular flexibility index (Phi) is 1.77. The molecule has 0 amide bonds. The summed E-state index contributed by atoms with van der Waals surface area (Å²) in [7, 11) is 0. The van der Waals surface area contributed by atoms with Crippen molar-refractivity contribution in [2.45, 2.75) is 5.33 Å². The van der Waals surface area contributed by atoms with Gasteiger partial charge in [-0.2, -0.15) is 0 Å². The molecule has 3 nitrogen and oxygen atoms in total. The maximum absolute atomic E-state index is 10.8. The first-order chi connectivity index (χ1) is 5.81. The smallest absolute Gasteiger partial charge is 0.408 e. The Morgan fingerprint density at radius 3 is 3.08 bits per heavy atom. The van der Waals surface area contributed by atoms with Crippen LogP contribution in [-0.2, 0) is 5.33 Å². The molecule has 0 saturated heterocycles. The van der Waals surface area contributed by atoms with E-state index in [-0.39, 0.29) is 0 Å². The molecule has 2 rings (SSSR count). The Morgan fingerprint density at radius 2 is 2.33 bits per heavy atom. The summed E-state index contributed by atoms with van der Waals surface area (Å²) < 4.78 is 4.95. The van der Waals surface area contributed by atoms with E-state index in [4.69, 9.17) is 4.42 Å². The lowest BCUT2D eigenvalue weighted by Gasteiger charge is -1.93. The number of para-hydroxylation sites is 1. The third-order valence-electron chi connectivity index (χ3n) is 1.67. The molecule has 1 N–H and O–H groups in total. The molecule has 0 aliphatic heterocycles. The number of fused-ring (bicyclic) bond motifs is 1. The number of nitrogens with one attached hydrogen (secondary N) is 1. The van der Waals surface area contributed by atoms with Crippen LogP contribution in [0.15, 0.2) is 27.4 Å². The largest absolute Gasteiger partial charge is 0.417 e. The first-order valence-corrected chi connectivity index (χ1v) is 4.60. The Labute approximate surface area is 76.5 Å². The van der Waals surface area contributed by atoms with Crippen molar-refractivity contribution in [2.75, 3.05) is 0 Å². The third-order valence-corrected chi connectivity index (χ3v) is 2.28. The fourth-order valence-corrected chi connectivity index (χ4v) is 1.58. The van der Waals surface area contributed by atoms with Gasteiger partial charge in [0.25, 0.3) is 0 Å². The van der Waals surface area contributed by atoms with E-state index in [2.05, 4.69) is 20.9 Å². The number of halogens is 1. The van der Waals surface area contributed by atoms with Crippen LogP contribution in [0.4, 0.5) is 0 Å². The van der Waals surface area contributed by atoms with Crippen molar-refractivity contribution in [2.24, 2.45) is 0 Å². The van der Waals surface area contributed by atoms with E-state index in [9.17, 15) is 4.79 Å². The highest BCUT2D eigenvalue weighted by atomic mass is 79.9. The van der Waals surface area contributed by atoms with Crippen LogP contribution in [0.5, 0.6) is 0 Å². The quantitative estimate of drug-likeness (QED) is 0.759. The topological polar surface area (TPSA) is 46.0 Å². The molecule has 4 heteroatoms. The molecule has 12 heavy (non-hydrogen) atoms. The lowest BCUT2D eigenvalue weighted by atomic mass is 10.2. The second-order valence-electron chi connectivity index (χ2n) is 2.44. The van der Waals surface area contributed by atoms with Crippen LogP contribution in [-0.4, -0.2) is 4.98 Å². The van der Waals surface area contributed by atoms with Crippen molar-refractivity contribution in [3.05, 3.63) is 34.3 Å². The number of rotatable bonds is 1. The molecule has 0 unspecified atom stereocenters. The van der Waals surface area contributed by atoms with Crippen LogP contribution in [0, 0.1) is 0 Å². The Hall–Kier alpha value is -1.03. The van der Waals surface area contributed by atoms with E-state index in [0.717, 1.165) is 11.1 Å². The van der Waals surface area contributed by atoms with Crippen molar-refractivity contribution in [1.29, 1.82) is 0 Å². The van der Waals surface area contributed by atoms with Crippen molar-refractivity contribution in [3.8, 4) is 0 Å². The van der Waals surface area contributed by atoms with Gasteiger partial charge in [-0.3, -0.25) is 4.98 Å². The SMILES string of the molecule is O=c1[nH]c2cccc(CBr)c2o1. The summed E-state index contributed by atoms with van der Waals surface area (Å²) in [6.45, 7) is 0. The van der Waals surface area contributed by atoms with Gasteiger partial charge in [-0.05, 0) is 6.07 Å². The molecule has 1 aromatic heterocycles. The third kappa shape index (κ3) is 1.08. The van der Waals surface area contributed by atoms with Crippen LogP contribution >= 0.6 is 15.9 Å². The number of hydrogen-bond acceptors (Lipinski definition) is 2. The molecule has 1 heterocycles. The molecule has 0 aliphatic rings. The molecule has 0 bridgehead atoms. The Balaban J connectivity index is 2.87. The summed E-state index contributed by atoms with van der Waals surface area (Å²) in [4.78, 5) is 13.4. The minimum absolute atomic E-state index is 0.404. The molecule has 0 aliphatic carbocycles. The number of H-pyrrole nitrogens is 1.